The fourth-order valence-corrected chi connectivity index (χ4v) is 5.97. The SMILES string of the molecule is CCOC(=O)c1c(NC(=O)CS(=O)(=O)c2ccc(Cl)cc2)sc2c1CCN(C(C)C)C2. The van der Waals surface area contributed by atoms with Crippen molar-refractivity contribution in [3.8, 4) is 0 Å². The Hall–Kier alpha value is -1.94. The van der Waals surface area contributed by atoms with Gasteiger partial charge in [0, 0.05) is 29.0 Å². The highest BCUT2D eigenvalue weighted by Crippen LogP contribution is 2.38. The van der Waals surface area contributed by atoms with E-state index >= 15 is 0 Å². The van der Waals surface area contributed by atoms with Gasteiger partial charge >= 0.3 is 5.97 Å². The van der Waals surface area contributed by atoms with E-state index in [2.05, 4.69) is 24.1 Å². The molecule has 168 valence electrons. The number of nitrogens with one attached hydrogen (secondary N) is 1. The van der Waals surface area contributed by atoms with E-state index in [4.69, 9.17) is 16.3 Å². The molecule has 0 aliphatic carbocycles. The monoisotopic (exact) mass is 484 g/mol. The number of carbonyl (C=O) groups is 2. The van der Waals surface area contributed by atoms with Crippen LogP contribution in [0.5, 0.6) is 0 Å². The van der Waals surface area contributed by atoms with Crippen LogP contribution in [0.1, 0.15) is 41.6 Å². The van der Waals surface area contributed by atoms with Crippen molar-refractivity contribution in [3.05, 3.63) is 45.3 Å². The van der Waals surface area contributed by atoms with Crippen LogP contribution >= 0.6 is 22.9 Å². The number of benzene rings is 1. The summed E-state index contributed by atoms with van der Waals surface area (Å²) in [5.41, 5.74) is 1.21. The molecule has 1 amide bonds. The first-order valence-electron chi connectivity index (χ1n) is 9.96. The Morgan fingerprint density at radius 2 is 1.94 bits per heavy atom. The Kier molecular flexibility index (Phi) is 7.41. The molecule has 2 aromatic rings. The summed E-state index contributed by atoms with van der Waals surface area (Å²) in [5, 5.41) is 3.39. The summed E-state index contributed by atoms with van der Waals surface area (Å²) in [6.07, 6.45) is 0.664. The van der Waals surface area contributed by atoms with Gasteiger partial charge in [0.2, 0.25) is 5.91 Å². The summed E-state index contributed by atoms with van der Waals surface area (Å²) in [6, 6.07) is 5.99. The first kappa shape index (κ1) is 23.7. The van der Waals surface area contributed by atoms with Crippen molar-refractivity contribution >= 4 is 49.7 Å². The maximum Gasteiger partial charge on any atom is 0.341 e. The summed E-state index contributed by atoms with van der Waals surface area (Å²) in [5.74, 6) is -1.95. The van der Waals surface area contributed by atoms with Gasteiger partial charge in [0.15, 0.2) is 9.84 Å². The number of hydrogen-bond acceptors (Lipinski definition) is 7. The Labute approximate surface area is 191 Å². The number of amides is 1. The molecule has 0 radical (unpaired) electrons. The molecule has 2 heterocycles. The second-order valence-corrected chi connectivity index (χ2v) is 11.0. The zero-order chi connectivity index (χ0) is 22.8. The third-order valence-electron chi connectivity index (χ3n) is 5.04. The van der Waals surface area contributed by atoms with Gasteiger partial charge in [0.25, 0.3) is 0 Å². The molecule has 1 aromatic carbocycles. The smallest absolute Gasteiger partial charge is 0.341 e. The van der Waals surface area contributed by atoms with Crippen LogP contribution in [0.25, 0.3) is 0 Å². The molecule has 0 saturated carbocycles. The number of hydrogen-bond donors (Lipinski definition) is 1. The van der Waals surface area contributed by atoms with Crippen molar-refractivity contribution in [2.75, 3.05) is 24.2 Å². The minimum Gasteiger partial charge on any atom is -0.462 e. The molecule has 1 aliphatic rings. The fraction of sp³-hybridized carbons (Fsp3) is 0.429. The molecular formula is C21H25ClN2O5S2. The minimum atomic E-state index is -3.85. The molecule has 0 saturated heterocycles. The van der Waals surface area contributed by atoms with Gasteiger partial charge in [-0.1, -0.05) is 11.6 Å². The van der Waals surface area contributed by atoms with E-state index in [9.17, 15) is 18.0 Å². The van der Waals surface area contributed by atoms with Crippen molar-refractivity contribution in [1.82, 2.24) is 4.90 Å². The molecular weight excluding hydrogens is 460 g/mol. The van der Waals surface area contributed by atoms with Gasteiger partial charge < -0.3 is 10.1 Å². The quantitative estimate of drug-likeness (QED) is 0.601. The van der Waals surface area contributed by atoms with Crippen LogP contribution in [0.4, 0.5) is 5.00 Å². The highest BCUT2D eigenvalue weighted by atomic mass is 35.5. The van der Waals surface area contributed by atoms with Gasteiger partial charge in [-0.2, -0.15) is 0 Å². The third-order valence-corrected chi connectivity index (χ3v) is 8.06. The summed E-state index contributed by atoms with van der Waals surface area (Å²) in [7, 11) is -3.85. The predicted molar refractivity (Wildman–Crippen MR) is 122 cm³/mol. The number of rotatable bonds is 7. The van der Waals surface area contributed by atoms with Gasteiger partial charge in [-0.15, -0.1) is 11.3 Å². The Morgan fingerprint density at radius 3 is 2.55 bits per heavy atom. The summed E-state index contributed by atoms with van der Waals surface area (Å²) < 4.78 is 30.4. The maximum absolute atomic E-state index is 12.6. The van der Waals surface area contributed by atoms with Crippen molar-refractivity contribution in [1.29, 1.82) is 0 Å². The normalized spacial score (nSPS) is 14.4. The fourth-order valence-electron chi connectivity index (χ4n) is 3.43. The molecule has 10 heteroatoms. The molecule has 1 N–H and O–H groups in total. The molecule has 31 heavy (non-hydrogen) atoms. The van der Waals surface area contributed by atoms with Crippen LogP contribution in [0.2, 0.25) is 5.02 Å². The third kappa shape index (κ3) is 5.46. The summed E-state index contributed by atoms with van der Waals surface area (Å²) in [4.78, 5) is 28.5. The van der Waals surface area contributed by atoms with Gasteiger partial charge in [-0.25, -0.2) is 13.2 Å². The van der Waals surface area contributed by atoms with Crippen molar-refractivity contribution in [3.63, 3.8) is 0 Å². The lowest BCUT2D eigenvalue weighted by Gasteiger charge is -2.30. The van der Waals surface area contributed by atoms with E-state index in [-0.39, 0.29) is 11.5 Å². The van der Waals surface area contributed by atoms with Gasteiger partial charge in [-0.3, -0.25) is 9.69 Å². The van der Waals surface area contributed by atoms with Crippen molar-refractivity contribution in [2.24, 2.45) is 0 Å². The number of sulfone groups is 1. The average Bonchev–Trinajstić information content (AvgIpc) is 3.04. The zero-order valence-electron chi connectivity index (χ0n) is 17.6. The number of ether oxygens (including phenoxy) is 1. The number of thiophene rings is 1. The second kappa shape index (κ2) is 9.68. The van der Waals surface area contributed by atoms with Crippen LogP contribution in [-0.4, -0.2) is 50.1 Å². The number of fused-ring (bicyclic) bond motifs is 1. The lowest BCUT2D eigenvalue weighted by atomic mass is 10.0. The lowest BCUT2D eigenvalue weighted by Crippen LogP contribution is -2.35. The largest absolute Gasteiger partial charge is 0.462 e. The van der Waals surface area contributed by atoms with E-state index < -0.39 is 27.5 Å². The molecule has 0 bridgehead atoms. The number of anilines is 1. The second-order valence-electron chi connectivity index (χ2n) is 7.50. The highest BCUT2D eigenvalue weighted by Gasteiger charge is 2.31. The molecule has 0 fully saturated rings. The average molecular weight is 485 g/mol. The molecule has 0 unspecified atom stereocenters. The van der Waals surface area contributed by atoms with Gasteiger partial charge in [0.1, 0.15) is 10.8 Å². The predicted octanol–water partition coefficient (Wildman–Crippen LogP) is 3.76. The molecule has 0 spiro atoms. The summed E-state index contributed by atoms with van der Waals surface area (Å²) in [6.45, 7) is 7.60. The van der Waals surface area contributed by atoms with E-state index in [0.29, 0.717) is 34.6 Å². The molecule has 1 aliphatic heterocycles. The van der Waals surface area contributed by atoms with Crippen molar-refractivity contribution in [2.45, 2.75) is 44.7 Å². The van der Waals surface area contributed by atoms with Crippen LogP contribution in [-0.2, 0) is 32.3 Å². The number of nitrogens with zero attached hydrogens (tertiary/aromatic N) is 1. The van der Waals surface area contributed by atoms with E-state index in [1.165, 1.54) is 35.6 Å². The van der Waals surface area contributed by atoms with Gasteiger partial charge in [0.05, 0.1) is 17.1 Å². The van der Waals surface area contributed by atoms with Gasteiger partial charge in [-0.05, 0) is 57.0 Å². The molecule has 1 aromatic heterocycles. The van der Waals surface area contributed by atoms with Crippen LogP contribution in [0, 0.1) is 0 Å². The first-order valence-corrected chi connectivity index (χ1v) is 12.8. The standard InChI is InChI=1S/C21H25ClN2O5S2/c1-4-29-21(26)19-16-9-10-24(13(2)3)11-17(16)30-20(19)23-18(25)12-31(27,28)15-7-5-14(22)6-8-15/h5-8,13H,4,9-12H2,1-3H3,(H,23,25). The molecule has 0 atom stereocenters. The lowest BCUT2D eigenvalue weighted by molar-refractivity contribution is -0.113. The number of esters is 1. The highest BCUT2D eigenvalue weighted by molar-refractivity contribution is 7.92. The zero-order valence-corrected chi connectivity index (χ0v) is 20.0. The molecule has 7 nitrogen and oxygen atoms in total. The maximum atomic E-state index is 12.6. The molecule has 3 rings (SSSR count). The minimum absolute atomic E-state index is 0.00992. The van der Waals surface area contributed by atoms with Crippen molar-refractivity contribution < 1.29 is 22.7 Å². The Morgan fingerprint density at radius 1 is 1.26 bits per heavy atom. The topological polar surface area (TPSA) is 92.8 Å². The van der Waals surface area contributed by atoms with E-state index in [0.717, 1.165) is 17.0 Å². The van der Waals surface area contributed by atoms with E-state index in [1.807, 2.05) is 0 Å². The Bertz CT molecular complexity index is 1080. The van der Waals surface area contributed by atoms with Crippen LogP contribution in [0.3, 0.4) is 0 Å². The summed E-state index contributed by atoms with van der Waals surface area (Å²) >= 11 is 7.11. The van der Waals surface area contributed by atoms with Crippen LogP contribution in [0.15, 0.2) is 29.2 Å². The number of carbonyl (C=O) groups excluding carboxylic acids is 2. The van der Waals surface area contributed by atoms with Crippen LogP contribution < -0.4 is 5.32 Å². The first-order chi connectivity index (χ1) is 14.6. The van der Waals surface area contributed by atoms with E-state index in [1.54, 1.807) is 6.92 Å². The Balaban J connectivity index is 1.85. The number of halogens is 1.